The molecule has 4 heteroatoms. The summed E-state index contributed by atoms with van der Waals surface area (Å²) in [5.41, 5.74) is 1.96. The number of halogens is 1. The Bertz CT molecular complexity index is 542. The fraction of sp³-hybridized carbons (Fsp3) is 0.231. The average Bonchev–Trinajstić information content (AvgIpc) is 2.70. The molecule has 0 radical (unpaired) electrons. The molecule has 17 heavy (non-hydrogen) atoms. The second kappa shape index (κ2) is 4.98. The van der Waals surface area contributed by atoms with Crippen molar-refractivity contribution in [2.75, 3.05) is 0 Å². The van der Waals surface area contributed by atoms with E-state index in [1.165, 1.54) is 11.3 Å². The second-order valence-corrected chi connectivity index (χ2v) is 5.52. The number of carbonyl (C=O) groups excluding carboxylic acids is 1. The van der Waals surface area contributed by atoms with Gasteiger partial charge in [0.25, 0.3) is 0 Å². The summed E-state index contributed by atoms with van der Waals surface area (Å²) in [6, 6.07) is 5.67. The van der Waals surface area contributed by atoms with Gasteiger partial charge in [0.15, 0.2) is 5.78 Å². The maximum absolute atomic E-state index is 12.0. The Morgan fingerprint density at radius 2 is 2.18 bits per heavy atom. The first-order chi connectivity index (χ1) is 8.08. The van der Waals surface area contributed by atoms with Gasteiger partial charge in [-0.1, -0.05) is 23.7 Å². The van der Waals surface area contributed by atoms with E-state index in [2.05, 4.69) is 4.98 Å². The Labute approximate surface area is 109 Å². The van der Waals surface area contributed by atoms with E-state index in [0.717, 1.165) is 16.1 Å². The highest BCUT2D eigenvalue weighted by atomic mass is 35.5. The number of hydrogen-bond donors (Lipinski definition) is 0. The summed E-state index contributed by atoms with van der Waals surface area (Å²) in [4.78, 5) is 16.8. The fourth-order valence-electron chi connectivity index (χ4n) is 1.63. The van der Waals surface area contributed by atoms with Gasteiger partial charge >= 0.3 is 0 Å². The zero-order chi connectivity index (χ0) is 12.4. The summed E-state index contributed by atoms with van der Waals surface area (Å²) in [6.07, 6.45) is 1.97. The van der Waals surface area contributed by atoms with Gasteiger partial charge in [-0.15, -0.1) is 11.3 Å². The summed E-state index contributed by atoms with van der Waals surface area (Å²) in [5, 5.41) is 1.56. The van der Waals surface area contributed by atoms with E-state index >= 15 is 0 Å². The standard InChI is InChI=1S/C13H12ClNOS/c1-8-4-3-5-11(14)10(8)6-12(16)13-7-15-9(2)17-13/h3-5,7H,6H2,1-2H3. The number of Topliss-reactive ketones (excluding diaryl/α,β-unsaturated/α-hetero) is 1. The molecule has 88 valence electrons. The van der Waals surface area contributed by atoms with Gasteiger partial charge in [0.2, 0.25) is 0 Å². The lowest BCUT2D eigenvalue weighted by atomic mass is 10.0. The maximum atomic E-state index is 12.0. The Balaban J connectivity index is 2.24. The van der Waals surface area contributed by atoms with Gasteiger partial charge in [-0.2, -0.15) is 0 Å². The molecule has 0 saturated carbocycles. The van der Waals surface area contributed by atoms with Gasteiger partial charge in [0.1, 0.15) is 0 Å². The normalized spacial score (nSPS) is 10.5. The first-order valence-corrected chi connectivity index (χ1v) is 6.47. The number of aryl methyl sites for hydroxylation is 2. The van der Waals surface area contributed by atoms with Crippen LogP contribution in [-0.4, -0.2) is 10.8 Å². The van der Waals surface area contributed by atoms with Crippen LogP contribution in [0.15, 0.2) is 24.4 Å². The summed E-state index contributed by atoms with van der Waals surface area (Å²) in [7, 11) is 0. The van der Waals surface area contributed by atoms with Crippen LogP contribution in [0.3, 0.4) is 0 Å². The summed E-state index contributed by atoms with van der Waals surface area (Å²) < 4.78 is 0. The Morgan fingerprint density at radius 3 is 2.76 bits per heavy atom. The lowest BCUT2D eigenvalue weighted by Gasteiger charge is -2.06. The molecule has 0 atom stereocenters. The van der Waals surface area contributed by atoms with Crippen LogP contribution in [0.5, 0.6) is 0 Å². The van der Waals surface area contributed by atoms with Crippen LogP contribution in [0.25, 0.3) is 0 Å². The van der Waals surface area contributed by atoms with Crippen molar-refractivity contribution in [2.24, 2.45) is 0 Å². The zero-order valence-electron chi connectivity index (χ0n) is 9.66. The molecule has 1 heterocycles. The minimum absolute atomic E-state index is 0.0757. The molecule has 0 N–H and O–H groups in total. The minimum Gasteiger partial charge on any atom is -0.293 e. The smallest absolute Gasteiger partial charge is 0.178 e. The van der Waals surface area contributed by atoms with E-state index in [0.29, 0.717) is 16.3 Å². The SMILES string of the molecule is Cc1ncc(C(=O)Cc2c(C)cccc2Cl)s1. The van der Waals surface area contributed by atoms with Crippen LogP contribution in [0.1, 0.15) is 25.8 Å². The van der Waals surface area contributed by atoms with E-state index in [9.17, 15) is 4.79 Å². The number of thiazole rings is 1. The van der Waals surface area contributed by atoms with Crippen molar-refractivity contribution in [3.8, 4) is 0 Å². The third-order valence-electron chi connectivity index (χ3n) is 2.59. The second-order valence-electron chi connectivity index (χ2n) is 3.88. The van der Waals surface area contributed by atoms with Crippen LogP contribution in [0.2, 0.25) is 5.02 Å². The summed E-state index contributed by atoms with van der Waals surface area (Å²) in [6.45, 7) is 3.86. The van der Waals surface area contributed by atoms with Crippen molar-refractivity contribution < 1.29 is 4.79 Å². The van der Waals surface area contributed by atoms with E-state index < -0.39 is 0 Å². The third kappa shape index (κ3) is 2.73. The molecular formula is C13H12ClNOS. The van der Waals surface area contributed by atoms with Crippen molar-refractivity contribution in [3.05, 3.63) is 50.4 Å². The highest BCUT2D eigenvalue weighted by molar-refractivity contribution is 7.13. The van der Waals surface area contributed by atoms with Crippen LogP contribution in [0, 0.1) is 13.8 Å². The van der Waals surface area contributed by atoms with Gasteiger partial charge < -0.3 is 0 Å². The molecule has 2 rings (SSSR count). The molecule has 0 fully saturated rings. The quantitative estimate of drug-likeness (QED) is 0.790. The van der Waals surface area contributed by atoms with Crippen molar-refractivity contribution >= 4 is 28.7 Å². The predicted octanol–water partition coefficient (Wildman–Crippen LogP) is 3.84. The summed E-state index contributed by atoms with van der Waals surface area (Å²) in [5.74, 6) is 0.0757. The minimum atomic E-state index is 0.0757. The van der Waals surface area contributed by atoms with Crippen molar-refractivity contribution in [3.63, 3.8) is 0 Å². The van der Waals surface area contributed by atoms with E-state index in [1.807, 2.05) is 32.0 Å². The first-order valence-electron chi connectivity index (χ1n) is 5.27. The number of nitrogens with zero attached hydrogens (tertiary/aromatic N) is 1. The van der Waals surface area contributed by atoms with Gasteiger partial charge in [0.05, 0.1) is 9.88 Å². The molecule has 0 saturated heterocycles. The van der Waals surface area contributed by atoms with Crippen molar-refractivity contribution in [1.29, 1.82) is 0 Å². The van der Waals surface area contributed by atoms with Gasteiger partial charge in [-0.3, -0.25) is 4.79 Å². The van der Waals surface area contributed by atoms with Gasteiger partial charge in [-0.25, -0.2) is 4.98 Å². The van der Waals surface area contributed by atoms with E-state index in [4.69, 9.17) is 11.6 Å². The summed E-state index contributed by atoms with van der Waals surface area (Å²) >= 11 is 7.52. The zero-order valence-corrected chi connectivity index (χ0v) is 11.2. The van der Waals surface area contributed by atoms with Crippen molar-refractivity contribution in [1.82, 2.24) is 4.98 Å². The van der Waals surface area contributed by atoms with E-state index in [-0.39, 0.29) is 5.78 Å². The molecule has 0 spiro atoms. The Hall–Kier alpha value is -1.19. The molecule has 0 aliphatic rings. The van der Waals surface area contributed by atoms with Crippen LogP contribution in [-0.2, 0) is 6.42 Å². The van der Waals surface area contributed by atoms with Gasteiger partial charge in [-0.05, 0) is 31.0 Å². The Kier molecular flexibility index (Phi) is 3.60. The molecule has 0 bridgehead atoms. The largest absolute Gasteiger partial charge is 0.293 e. The van der Waals surface area contributed by atoms with Gasteiger partial charge in [0, 0.05) is 17.6 Å². The highest BCUT2D eigenvalue weighted by Crippen LogP contribution is 2.22. The first kappa shape index (κ1) is 12.3. The number of aromatic nitrogens is 1. The molecule has 0 aliphatic heterocycles. The van der Waals surface area contributed by atoms with Crippen molar-refractivity contribution in [2.45, 2.75) is 20.3 Å². The predicted molar refractivity (Wildman–Crippen MR) is 71.1 cm³/mol. The number of carbonyl (C=O) groups is 1. The molecular weight excluding hydrogens is 254 g/mol. The molecule has 0 amide bonds. The van der Waals surface area contributed by atoms with Crippen LogP contribution in [0.4, 0.5) is 0 Å². The van der Waals surface area contributed by atoms with Crippen LogP contribution < -0.4 is 0 Å². The number of hydrogen-bond acceptors (Lipinski definition) is 3. The molecule has 1 aromatic heterocycles. The highest BCUT2D eigenvalue weighted by Gasteiger charge is 2.13. The topological polar surface area (TPSA) is 30.0 Å². The lowest BCUT2D eigenvalue weighted by molar-refractivity contribution is 0.0996. The molecule has 2 nitrogen and oxygen atoms in total. The van der Waals surface area contributed by atoms with Crippen LogP contribution >= 0.6 is 22.9 Å². The fourth-order valence-corrected chi connectivity index (χ4v) is 2.63. The number of ketones is 1. The number of benzene rings is 1. The number of rotatable bonds is 3. The lowest BCUT2D eigenvalue weighted by Crippen LogP contribution is -2.03. The third-order valence-corrected chi connectivity index (χ3v) is 3.89. The monoisotopic (exact) mass is 265 g/mol. The average molecular weight is 266 g/mol. The maximum Gasteiger partial charge on any atom is 0.178 e. The molecule has 1 aromatic carbocycles. The molecule has 0 aliphatic carbocycles. The molecule has 2 aromatic rings. The van der Waals surface area contributed by atoms with E-state index in [1.54, 1.807) is 6.20 Å². The Morgan fingerprint density at radius 1 is 1.41 bits per heavy atom. The molecule has 0 unspecified atom stereocenters.